The van der Waals surface area contributed by atoms with Crippen LogP contribution in [0.4, 0.5) is 21.8 Å². The lowest BCUT2D eigenvalue weighted by Gasteiger charge is -2.45. The molecule has 1 aliphatic carbocycles. The van der Waals surface area contributed by atoms with Gasteiger partial charge in [0.15, 0.2) is 5.82 Å². The molecule has 238 valence electrons. The van der Waals surface area contributed by atoms with Gasteiger partial charge < -0.3 is 19.6 Å². The molecule has 2 atom stereocenters. The van der Waals surface area contributed by atoms with Gasteiger partial charge in [-0.05, 0) is 96.0 Å². The number of hydrogen-bond donors (Lipinski definition) is 1. The molecule has 0 unspecified atom stereocenters. The number of hydrogen-bond acceptors (Lipinski definition) is 8. The smallest absolute Gasteiger partial charge is 0.246 e. The van der Waals surface area contributed by atoms with Crippen molar-refractivity contribution in [3.05, 3.63) is 53.3 Å². The molecule has 11 heteroatoms. The van der Waals surface area contributed by atoms with Crippen LogP contribution in [0.1, 0.15) is 39.2 Å². The maximum absolute atomic E-state index is 16.9. The Hall–Kier alpha value is -3.76. The van der Waals surface area contributed by atoms with E-state index in [4.69, 9.17) is 21.6 Å². The van der Waals surface area contributed by atoms with Crippen LogP contribution in [0, 0.1) is 18.7 Å². The summed E-state index contributed by atoms with van der Waals surface area (Å²) in [7, 11) is 4.11. The molecule has 3 aliphatic rings. The number of carbonyl (C=O) groups excluding carboxylic acids is 1. The molecule has 0 spiro atoms. The fraction of sp³-hybridized carbons (Fsp3) is 0.471. The van der Waals surface area contributed by atoms with Crippen LogP contribution in [0.25, 0.3) is 22.0 Å². The van der Waals surface area contributed by atoms with Gasteiger partial charge in [0.25, 0.3) is 0 Å². The van der Waals surface area contributed by atoms with Gasteiger partial charge in [0, 0.05) is 61.0 Å². The van der Waals surface area contributed by atoms with Crippen molar-refractivity contribution in [2.45, 2.75) is 58.7 Å². The second-order valence-corrected chi connectivity index (χ2v) is 13.4. The third kappa shape index (κ3) is 5.97. The highest BCUT2D eigenvalue weighted by Crippen LogP contribution is 2.42. The Morgan fingerprint density at radius 2 is 1.87 bits per heavy atom. The molecular formula is C34H42ClFN8O. The summed E-state index contributed by atoms with van der Waals surface area (Å²) in [4.78, 5) is 30.7. The van der Waals surface area contributed by atoms with Crippen molar-refractivity contribution in [3.8, 4) is 11.1 Å². The molecule has 6 rings (SSSR count). The van der Waals surface area contributed by atoms with Crippen molar-refractivity contribution in [2.24, 2.45) is 11.0 Å². The van der Waals surface area contributed by atoms with Gasteiger partial charge >= 0.3 is 0 Å². The van der Waals surface area contributed by atoms with Gasteiger partial charge in [0.1, 0.15) is 11.3 Å². The van der Waals surface area contributed by atoms with E-state index in [0.29, 0.717) is 53.3 Å². The van der Waals surface area contributed by atoms with Crippen LogP contribution in [-0.2, 0) is 4.79 Å². The Kier molecular flexibility index (Phi) is 8.47. The number of rotatable bonds is 8. The second kappa shape index (κ2) is 12.2. The molecule has 3 aromatic rings. The Labute approximate surface area is 269 Å². The number of benzene rings is 2. The first kappa shape index (κ1) is 31.2. The Morgan fingerprint density at radius 3 is 2.53 bits per heavy atom. The predicted molar refractivity (Wildman–Crippen MR) is 182 cm³/mol. The van der Waals surface area contributed by atoms with Gasteiger partial charge in [-0.1, -0.05) is 24.2 Å². The summed E-state index contributed by atoms with van der Waals surface area (Å²) >= 11 is 6.96. The van der Waals surface area contributed by atoms with Crippen LogP contribution in [0.5, 0.6) is 0 Å². The molecule has 0 radical (unpaired) electrons. The number of hydrazone groups is 1. The molecule has 0 bridgehead atoms. The Balaban J connectivity index is 1.45. The molecule has 2 aromatic carbocycles. The first-order chi connectivity index (χ1) is 21.5. The largest absolute Gasteiger partial charge is 0.349 e. The first-order valence-electron chi connectivity index (χ1n) is 15.7. The molecule has 1 N–H and O–H groups in total. The van der Waals surface area contributed by atoms with Crippen molar-refractivity contribution in [1.82, 2.24) is 19.8 Å². The van der Waals surface area contributed by atoms with E-state index in [1.165, 1.54) is 18.9 Å². The van der Waals surface area contributed by atoms with E-state index in [-0.39, 0.29) is 28.5 Å². The normalized spacial score (nSPS) is 21.0. The first-order valence-corrected chi connectivity index (χ1v) is 16.1. The van der Waals surface area contributed by atoms with E-state index < -0.39 is 5.82 Å². The third-order valence-electron chi connectivity index (χ3n) is 9.48. The number of piperazine rings is 1. The van der Waals surface area contributed by atoms with Crippen molar-refractivity contribution in [2.75, 3.05) is 55.5 Å². The molecule has 2 aliphatic heterocycles. The standard InChI is InChI=1S/C34H42ClFN8O/c1-8-29(45)43-15-21(4)44(16-20(43)3)33-27-14-28(35)30(26-13-24(12-9-19(26)2)40-39-22(5)23-10-11-23)31(36)32(27)37-34(38-33)42-17-25(18-42)41(6)7/h8-9,12-14,20-21,23,25,40H,1,10-11,15-18H2,2-7H3/b39-22+/t20-,21-/m0/s1. The van der Waals surface area contributed by atoms with Gasteiger partial charge in [0.05, 0.1) is 10.7 Å². The SMILES string of the molecule is C=CC(=O)N1C[C@H](C)N(c2nc(N3CC(N(C)C)C3)nc3c(F)c(-c4cc(N/N=C(\C)C5CC5)ccc4C)c(Cl)cc23)C[C@@H]1C. The average molecular weight is 633 g/mol. The highest BCUT2D eigenvalue weighted by atomic mass is 35.5. The highest BCUT2D eigenvalue weighted by molar-refractivity contribution is 6.34. The number of likely N-dealkylation sites (N-methyl/N-ethyl adjacent to an activating group) is 1. The Morgan fingerprint density at radius 1 is 1.13 bits per heavy atom. The fourth-order valence-corrected chi connectivity index (χ4v) is 6.57. The number of anilines is 3. The van der Waals surface area contributed by atoms with E-state index in [1.54, 1.807) is 6.07 Å². The minimum atomic E-state index is -0.480. The second-order valence-electron chi connectivity index (χ2n) is 13.0. The molecule has 1 amide bonds. The maximum atomic E-state index is 16.9. The van der Waals surface area contributed by atoms with Crippen molar-refractivity contribution < 1.29 is 9.18 Å². The van der Waals surface area contributed by atoms with E-state index in [9.17, 15) is 4.79 Å². The fourth-order valence-electron chi connectivity index (χ4n) is 6.27. The van der Waals surface area contributed by atoms with Gasteiger partial charge in [0.2, 0.25) is 11.9 Å². The maximum Gasteiger partial charge on any atom is 0.246 e. The molecular weight excluding hydrogens is 591 g/mol. The number of fused-ring (bicyclic) bond motifs is 1. The minimum absolute atomic E-state index is 0.0758. The van der Waals surface area contributed by atoms with Crippen LogP contribution in [-0.4, -0.2) is 89.8 Å². The lowest BCUT2D eigenvalue weighted by atomic mass is 9.97. The number of aromatic nitrogens is 2. The quantitative estimate of drug-likeness (QED) is 0.187. The van der Waals surface area contributed by atoms with Crippen LogP contribution in [0.15, 0.2) is 42.0 Å². The summed E-state index contributed by atoms with van der Waals surface area (Å²) in [5.41, 5.74) is 7.10. The van der Waals surface area contributed by atoms with Gasteiger partial charge in [-0.15, -0.1) is 0 Å². The van der Waals surface area contributed by atoms with Crippen LogP contribution >= 0.6 is 11.6 Å². The zero-order chi connectivity index (χ0) is 32.2. The van der Waals surface area contributed by atoms with E-state index in [2.05, 4.69) is 52.8 Å². The zero-order valence-electron chi connectivity index (χ0n) is 26.9. The highest BCUT2D eigenvalue weighted by Gasteiger charge is 2.36. The van der Waals surface area contributed by atoms with Gasteiger partial charge in [-0.25, -0.2) is 9.37 Å². The van der Waals surface area contributed by atoms with Gasteiger partial charge in [-0.2, -0.15) is 10.1 Å². The topological polar surface area (TPSA) is 80.2 Å². The van der Waals surface area contributed by atoms with E-state index in [1.807, 2.05) is 43.9 Å². The number of carbonyl (C=O) groups is 1. The summed E-state index contributed by atoms with van der Waals surface area (Å²) < 4.78 is 16.9. The monoisotopic (exact) mass is 632 g/mol. The molecule has 3 fully saturated rings. The van der Waals surface area contributed by atoms with Crippen molar-refractivity contribution >= 4 is 51.6 Å². The number of amides is 1. The summed E-state index contributed by atoms with van der Waals surface area (Å²) in [6, 6.07) is 7.78. The van der Waals surface area contributed by atoms with E-state index >= 15 is 4.39 Å². The molecule has 3 heterocycles. The number of halogens is 2. The van der Waals surface area contributed by atoms with E-state index in [0.717, 1.165) is 30.1 Å². The van der Waals surface area contributed by atoms with Gasteiger partial charge in [-0.3, -0.25) is 10.2 Å². The number of aryl methyl sites for hydroxylation is 1. The summed E-state index contributed by atoms with van der Waals surface area (Å²) in [5.74, 6) is 1.08. The lowest BCUT2D eigenvalue weighted by molar-refractivity contribution is -0.128. The molecule has 45 heavy (non-hydrogen) atoms. The number of nitrogens with zero attached hydrogens (tertiary/aromatic N) is 7. The number of nitrogens with one attached hydrogen (secondary N) is 1. The zero-order valence-corrected chi connectivity index (χ0v) is 27.7. The van der Waals surface area contributed by atoms with Crippen LogP contribution in [0.2, 0.25) is 5.02 Å². The predicted octanol–water partition coefficient (Wildman–Crippen LogP) is 5.96. The Bertz CT molecular complexity index is 1680. The average Bonchev–Trinajstić information content (AvgIpc) is 3.83. The molecule has 1 saturated carbocycles. The molecule has 1 aromatic heterocycles. The van der Waals surface area contributed by atoms with Crippen molar-refractivity contribution in [1.29, 1.82) is 0 Å². The van der Waals surface area contributed by atoms with Crippen LogP contribution in [0.3, 0.4) is 0 Å². The van der Waals surface area contributed by atoms with Crippen molar-refractivity contribution in [3.63, 3.8) is 0 Å². The third-order valence-corrected chi connectivity index (χ3v) is 9.78. The minimum Gasteiger partial charge on any atom is -0.349 e. The summed E-state index contributed by atoms with van der Waals surface area (Å²) in [6.45, 7) is 14.2. The molecule has 2 saturated heterocycles. The lowest BCUT2D eigenvalue weighted by Crippen LogP contribution is -2.59. The molecule has 9 nitrogen and oxygen atoms in total. The summed E-state index contributed by atoms with van der Waals surface area (Å²) in [6.07, 6.45) is 3.70. The van der Waals surface area contributed by atoms with Crippen LogP contribution < -0.4 is 15.2 Å². The summed E-state index contributed by atoms with van der Waals surface area (Å²) in [5, 5.41) is 5.39.